The van der Waals surface area contributed by atoms with Crippen LogP contribution in [0.5, 0.6) is 5.88 Å². The number of aryl methyl sites for hydroxylation is 2. The van der Waals surface area contributed by atoms with Crippen molar-refractivity contribution in [2.45, 2.75) is 32.7 Å². The Kier molecular flexibility index (Phi) is 5.33. The fraction of sp³-hybridized carbons (Fsp3) is 0.500. The molecule has 1 atom stereocenters. The van der Waals surface area contributed by atoms with Gasteiger partial charge in [0.05, 0.1) is 12.8 Å². The molecule has 2 heterocycles. The van der Waals surface area contributed by atoms with E-state index in [1.807, 2.05) is 30.9 Å². The molecule has 0 aliphatic heterocycles. The number of ether oxygens (including phenoxy) is 1. The zero-order chi connectivity index (χ0) is 15.2. The number of pyridine rings is 1. The zero-order valence-electron chi connectivity index (χ0n) is 13.3. The Morgan fingerprint density at radius 1 is 1.33 bits per heavy atom. The van der Waals surface area contributed by atoms with Gasteiger partial charge in [0.15, 0.2) is 0 Å². The second kappa shape index (κ2) is 7.22. The third kappa shape index (κ3) is 4.29. The standard InChI is InChI=1S/C16H24N4O/c1-5-17-14(10-15-8-12(2)19-20(15)3)9-13-6-7-16(21-4)18-11-13/h6-8,11,14,17H,5,9-10H2,1-4H3. The van der Waals surface area contributed by atoms with Crippen molar-refractivity contribution >= 4 is 0 Å². The summed E-state index contributed by atoms with van der Waals surface area (Å²) in [5.41, 5.74) is 3.52. The predicted molar refractivity (Wildman–Crippen MR) is 83.6 cm³/mol. The van der Waals surface area contributed by atoms with E-state index in [0.717, 1.165) is 25.1 Å². The van der Waals surface area contributed by atoms with Crippen molar-refractivity contribution in [3.05, 3.63) is 41.3 Å². The molecule has 1 N–H and O–H groups in total. The van der Waals surface area contributed by atoms with Gasteiger partial charge in [-0.3, -0.25) is 4.68 Å². The second-order valence-corrected chi connectivity index (χ2v) is 5.27. The Morgan fingerprint density at radius 3 is 2.67 bits per heavy atom. The molecule has 2 aromatic heterocycles. The number of likely N-dealkylation sites (N-methyl/N-ethyl adjacent to an activating group) is 1. The number of nitrogens with zero attached hydrogens (tertiary/aromatic N) is 3. The van der Waals surface area contributed by atoms with Crippen LogP contribution in [0.4, 0.5) is 0 Å². The van der Waals surface area contributed by atoms with Gasteiger partial charge in [-0.05, 0) is 31.5 Å². The summed E-state index contributed by atoms with van der Waals surface area (Å²) in [4.78, 5) is 4.27. The first kappa shape index (κ1) is 15.5. The van der Waals surface area contributed by atoms with Crippen LogP contribution < -0.4 is 10.1 Å². The third-order valence-electron chi connectivity index (χ3n) is 3.54. The van der Waals surface area contributed by atoms with E-state index in [-0.39, 0.29) is 0 Å². The van der Waals surface area contributed by atoms with E-state index < -0.39 is 0 Å². The Bertz CT molecular complexity index is 562. The van der Waals surface area contributed by atoms with Crippen LogP contribution in [0.15, 0.2) is 24.4 Å². The van der Waals surface area contributed by atoms with Gasteiger partial charge < -0.3 is 10.1 Å². The van der Waals surface area contributed by atoms with Crippen molar-refractivity contribution in [1.29, 1.82) is 0 Å². The van der Waals surface area contributed by atoms with E-state index in [9.17, 15) is 0 Å². The van der Waals surface area contributed by atoms with E-state index in [0.29, 0.717) is 11.9 Å². The maximum atomic E-state index is 5.10. The maximum absolute atomic E-state index is 5.10. The average Bonchev–Trinajstić information content (AvgIpc) is 2.78. The lowest BCUT2D eigenvalue weighted by atomic mass is 10.0. The minimum atomic E-state index is 0.375. The SMILES string of the molecule is CCNC(Cc1ccc(OC)nc1)Cc1cc(C)nn1C. The lowest BCUT2D eigenvalue weighted by molar-refractivity contribution is 0.397. The number of methoxy groups -OCH3 is 1. The fourth-order valence-corrected chi connectivity index (χ4v) is 2.55. The molecule has 1 unspecified atom stereocenters. The van der Waals surface area contributed by atoms with Crippen LogP contribution in [-0.4, -0.2) is 34.5 Å². The summed E-state index contributed by atoms with van der Waals surface area (Å²) in [5, 5.41) is 7.96. The molecule has 114 valence electrons. The van der Waals surface area contributed by atoms with Crippen molar-refractivity contribution in [3.8, 4) is 5.88 Å². The zero-order valence-corrected chi connectivity index (χ0v) is 13.3. The van der Waals surface area contributed by atoms with E-state index in [1.165, 1.54) is 11.3 Å². The highest BCUT2D eigenvalue weighted by Gasteiger charge is 2.13. The molecule has 0 spiro atoms. The van der Waals surface area contributed by atoms with Crippen LogP contribution in [0.1, 0.15) is 23.9 Å². The average molecular weight is 288 g/mol. The van der Waals surface area contributed by atoms with Gasteiger partial charge in [-0.1, -0.05) is 13.0 Å². The van der Waals surface area contributed by atoms with Crippen LogP contribution in [0, 0.1) is 6.92 Å². The van der Waals surface area contributed by atoms with Gasteiger partial charge in [0, 0.05) is 37.5 Å². The highest BCUT2D eigenvalue weighted by molar-refractivity contribution is 5.19. The summed E-state index contributed by atoms with van der Waals surface area (Å²) in [6.07, 6.45) is 3.78. The lowest BCUT2D eigenvalue weighted by Gasteiger charge is -2.18. The first-order valence-electron chi connectivity index (χ1n) is 7.34. The third-order valence-corrected chi connectivity index (χ3v) is 3.54. The molecule has 0 saturated heterocycles. The summed E-state index contributed by atoms with van der Waals surface area (Å²) in [6.45, 7) is 5.11. The summed E-state index contributed by atoms with van der Waals surface area (Å²) in [6, 6.07) is 6.51. The van der Waals surface area contributed by atoms with Gasteiger partial charge in [-0.15, -0.1) is 0 Å². The van der Waals surface area contributed by atoms with Crippen molar-refractivity contribution in [2.75, 3.05) is 13.7 Å². The van der Waals surface area contributed by atoms with Crippen LogP contribution in [0.25, 0.3) is 0 Å². The van der Waals surface area contributed by atoms with Crippen molar-refractivity contribution in [1.82, 2.24) is 20.1 Å². The smallest absolute Gasteiger partial charge is 0.212 e. The van der Waals surface area contributed by atoms with E-state index in [1.54, 1.807) is 7.11 Å². The molecule has 21 heavy (non-hydrogen) atoms. The molecule has 0 aliphatic rings. The van der Waals surface area contributed by atoms with Crippen molar-refractivity contribution < 1.29 is 4.74 Å². The number of aromatic nitrogens is 3. The molecular weight excluding hydrogens is 264 g/mol. The van der Waals surface area contributed by atoms with Gasteiger partial charge in [-0.2, -0.15) is 5.10 Å². The molecule has 0 bridgehead atoms. The Hall–Kier alpha value is -1.88. The molecule has 5 nitrogen and oxygen atoms in total. The molecule has 0 aliphatic carbocycles. The lowest BCUT2D eigenvalue weighted by Crippen LogP contribution is -2.33. The highest BCUT2D eigenvalue weighted by atomic mass is 16.5. The normalized spacial score (nSPS) is 12.4. The first-order valence-corrected chi connectivity index (χ1v) is 7.34. The molecule has 2 aromatic rings. The topological polar surface area (TPSA) is 52.0 Å². The minimum Gasteiger partial charge on any atom is -0.481 e. The van der Waals surface area contributed by atoms with Crippen LogP contribution >= 0.6 is 0 Å². The summed E-state index contributed by atoms with van der Waals surface area (Å²) in [5.74, 6) is 0.654. The predicted octanol–water partition coefficient (Wildman–Crippen LogP) is 1.90. The molecule has 0 saturated carbocycles. The molecule has 5 heteroatoms. The van der Waals surface area contributed by atoms with Crippen LogP contribution in [0.3, 0.4) is 0 Å². The largest absolute Gasteiger partial charge is 0.481 e. The Morgan fingerprint density at radius 2 is 2.14 bits per heavy atom. The number of rotatable bonds is 7. The quantitative estimate of drug-likeness (QED) is 0.845. The summed E-state index contributed by atoms with van der Waals surface area (Å²) >= 11 is 0. The molecular formula is C16H24N4O. The molecule has 2 rings (SSSR count). The van der Waals surface area contributed by atoms with Crippen LogP contribution in [-0.2, 0) is 19.9 Å². The van der Waals surface area contributed by atoms with Crippen LogP contribution in [0.2, 0.25) is 0 Å². The van der Waals surface area contributed by atoms with Crippen molar-refractivity contribution in [2.24, 2.45) is 7.05 Å². The summed E-state index contributed by atoms with van der Waals surface area (Å²) < 4.78 is 7.06. The minimum absolute atomic E-state index is 0.375. The van der Waals surface area contributed by atoms with E-state index >= 15 is 0 Å². The summed E-state index contributed by atoms with van der Waals surface area (Å²) in [7, 11) is 3.63. The molecule has 0 amide bonds. The van der Waals surface area contributed by atoms with E-state index in [2.05, 4.69) is 34.5 Å². The van der Waals surface area contributed by atoms with Crippen molar-refractivity contribution in [3.63, 3.8) is 0 Å². The molecule has 0 radical (unpaired) electrons. The van der Waals surface area contributed by atoms with Gasteiger partial charge in [0.2, 0.25) is 5.88 Å². The number of hydrogen-bond donors (Lipinski definition) is 1. The Balaban J connectivity index is 2.05. The number of hydrogen-bond acceptors (Lipinski definition) is 4. The van der Waals surface area contributed by atoms with E-state index in [4.69, 9.17) is 4.74 Å². The maximum Gasteiger partial charge on any atom is 0.212 e. The van der Waals surface area contributed by atoms with Gasteiger partial charge >= 0.3 is 0 Å². The Labute approximate surface area is 126 Å². The van der Waals surface area contributed by atoms with Gasteiger partial charge in [0.25, 0.3) is 0 Å². The van der Waals surface area contributed by atoms with Gasteiger partial charge in [0.1, 0.15) is 0 Å². The monoisotopic (exact) mass is 288 g/mol. The second-order valence-electron chi connectivity index (χ2n) is 5.27. The molecule has 0 fully saturated rings. The van der Waals surface area contributed by atoms with Gasteiger partial charge in [-0.25, -0.2) is 4.98 Å². The highest BCUT2D eigenvalue weighted by Crippen LogP contribution is 2.12. The number of nitrogens with one attached hydrogen (secondary N) is 1. The first-order chi connectivity index (χ1) is 10.1. The fourth-order valence-electron chi connectivity index (χ4n) is 2.55. The molecule has 0 aromatic carbocycles.